The normalized spacial score (nSPS) is 14.1. The van der Waals surface area contributed by atoms with Gasteiger partial charge in [0, 0.05) is 7.05 Å². The van der Waals surface area contributed by atoms with Crippen molar-refractivity contribution in [3.05, 3.63) is 64.5 Å². The summed E-state index contributed by atoms with van der Waals surface area (Å²) >= 11 is 0. The Hall–Kier alpha value is -2.38. The zero-order valence-electron chi connectivity index (χ0n) is 13.9. The van der Waals surface area contributed by atoms with Crippen LogP contribution in [0.4, 0.5) is 0 Å². The molecule has 132 valence electrons. The standard InChI is InChI=1S/C18H20N2O4S/c1-20(13-18(21)19-12-16-7-4-10-24-16)25(22,23)17-9-8-14-5-2-3-6-15(14)11-17/h2-7,10-11H,8-9,12-13H2,1H3,(H,19,21). The number of hydrogen-bond donors (Lipinski definition) is 1. The number of hydrogen-bond acceptors (Lipinski definition) is 4. The van der Waals surface area contributed by atoms with Gasteiger partial charge in [-0.1, -0.05) is 24.3 Å². The van der Waals surface area contributed by atoms with E-state index >= 15 is 0 Å². The summed E-state index contributed by atoms with van der Waals surface area (Å²) in [4.78, 5) is 12.3. The van der Waals surface area contributed by atoms with Crippen molar-refractivity contribution in [3.63, 3.8) is 0 Å². The number of allylic oxidation sites excluding steroid dienone is 1. The quantitative estimate of drug-likeness (QED) is 0.856. The van der Waals surface area contributed by atoms with Crippen LogP contribution in [0, 0.1) is 0 Å². The average molecular weight is 360 g/mol. The van der Waals surface area contributed by atoms with Gasteiger partial charge in [-0.15, -0.1) is 0 Å². The van der Waals surface area contributed by atoms with Crippen LogP contribution in [0.3, 0.4) is 0 Å². The average Bonchev–Trinajstić information content (AvgIpc) is 3.13. The van der Waals surface area contributed by atoms with Gasteiger partial charge in [0.1, 0.15) is 5.76 Å². The van der Waals surface area contributed by atoms with Crippen molar-refractivity contribution in [3.8, 4) is 0 Å². The van der Waals surface area contributed by atoms with Crippen LogP contribution in [0.5, 0.6) is 0 Å². The van der Waals surface area contributed by atoms with Crippen LogP contribution in [0.1, 0.15) is 23.3 Å². The Balaban J connectivity index is 1.65. The molecule has 0 unspecified atom stereocenters. The van der Waals surface area contributed by atoms with Crippen LogP contribution < -0.4 is 5.32 Å². The molecule has 25 heavy (non-hydrogen) atoms. The number of benzene rings is 1. The van der Waals surface area contributed by atoms with Crippen LogP contribution in [0.2, 0.25) is 0 Å². The largest absolute Gasteiger partial charge is 0.467 e. The van der Waals surface area contributed by atoms with Crippen molar-refractivity contribution in [2.24, 2.45) is 0 Å². The van der Waals surface area contributed by atoms with Crippen LogP contribution in [0.15, 0.2) is 52.0 Å². The van der Waals surface area contributed by atoms with Crippen LogP contribution in [-0.4, -0.2) is 32.2 Å². The Kier molecular flexibility index (Phi) is 5.06. The topological polar surface area (TPSA) is 79.6 Å². The van der Waals surface area contributed by atoms with E-state index in [0.29, 0.717) is 23.5 Å². The second-order valence-corrected chi connectivity index (χ2v) is 8.02. The Bertz CT molecular complexity index is 886. The summed E-state index contributed by atoms with van der Waals surface area (Å²) < 4.78 is 31.7. The molecule has 0 atom stereocenters. The van der Waals surface area contributed by atoms with Crippen molar-refractivity contribution in [2.75, 3.05) is 13.6 Å². The zero-order valence-corrected chi connectivity index (χ0v) is 14.8. The van der Waals surface area contributed by atoms with E-state index in [-0.39, 0.29) is 19.0 Å². The molecule has 2 aromatic rings. The van der Waals surface area contributed by atoms with E-state index in [2.05, 4.69) is 5.32 Å². The Morgan fingerprint density at radius 1 is 1.20 bits per heavy atom. The van der Waals surface area contributed by atoms with Gasteiger partial charge in [0.25, 0.3) is 0 Å². The number of furan rings is 1. The molecular formula is C18H20N2O4S. The Morgan fingerprint density at radius 2 is 2.00 bits per heavy atom. The van der Waals surface area contributed by atoms with E-state index in [9.17, 15) is 13.2 Å². The monoisotopic (exact) mass is 360 g/mol. The van der Waals surface area contributed by atoms with Crippen molar-refractivity contribution in [1.29, 1.82) is 0 Å². The fraction of sp³-hybridized carbons (Fsp3) is 0.278. The number of fused-ring (bicyclic) bond motifs is 1. The van der Waals surface area contributed by atoms with E-state index in [1.807, 2.05) is 24.3 Å². The highest BCUT2D eigenvalue weighted by Crippen LogP contribution is 2.28. The Morgan fingerprint density at radius 3 is 2.76 bits per heavy atom. The summed E-state index contributed by atoms with van der Waals surface area (Å²) in [6.07, 6.45) is 4.34. The first kappa shape index (κ1) is 17.4. The third kappa shape index (κ3) is 4.00. The number of nitrogens with zero attached hydrogens (tertiary/aromatic N) is 1. The molecule has 1 amide bonds. The first-order valence-electron chi connectivity index (χ1n) is 8.01. The third-order valence-corrected chi connectivity index (χ3v) is 6.09. The molecule has 6 nitrogen and oxygen atoms in total. The number of carbonyl (C=O) groups excluding carboxylic acids is 1. The molecule has 0 fully saturated rings. The minimum absolute atomic E-state index is 0.232. The van der Waals surface area contributed by atoms with Gasteiger partial charge in [-0.05, 0) is 42.2 Å². The zero-order chi connectivity index (χ0) is 17.9. The highest BCUT2D eigenvalue weighted by Gasteiger charge is 2.27. The number of rotatable bonds is 6. The predicted molar refractivity (Wildman–Crippen MR) is 94.8 cm³/mol. The second kappa shape index (κ2) is 7.25. The molecule has 1 N–H and O–H groups in total. The van der Waals surface area contributed by atoms with Crippen molar-refractivity contribution in [2.45, 2.75) is 19.4 Å². The van der Waals surface area contributed by atoms with Crippen LogP contribution >= 0.6 is 0 Å². The Labute approximate surface area is 147 Å². The lowest BCUT2D eigenvalue weighted by molar-refractivity contribution is -0.121. The summed E-state index contributed by atoms with van der Waals surface area (Å²) in [5.74, 6) is 0.241. The van der Waals surface area contributed by atoms with Gasteiger partial charge in [0.2, 0.25) is 15.9 Å². The molecule has 7 heteroatoms. The van der Waals surface area contributed by atoms with Gasteiger partial charge in [0.15, 0.2) is 0 Å². The number of amides is 1. The van der Waals surface area contributed by atoms with Crippen molar-refractivity contribution >= 4 is 22.0 Å². The first-order valence-corrected chi connectivity index (χ1v) is 9.45. The van der Waals surface area contributed by atoms with Crippen LogP contribution in [0.25, 0.3) is 6.08 Å². The minimum Gasteiger partial charge on any atom is -0.467 e. The minimum atomic E-state index is -3.66. The predicted octanol–water partition coefficient (Wildman–Crippen LogP) is 2.14. The maximum atomic E-state index is 12.7. The fourth-order valence-electron chi connectivity index (χ4n) is 2.75. The second-order valence-electron chi connectivity index (χ2n) is 5.93. The molecule has 1 heterocycles. The summed E-state index contributed by atoms with van der Waals surface area (Å²) in [5, 5.41) is 2.65. The van der Waals surface area contributed by atoms with E-state index < -0.39 is 10.0 Å². The van der Waals surface area contributed by atoms with Gasteiger partial charge < -0.3 is 9.73 Å². The van der Waals surface area contributed by atoms with E-state index in [1.54, 1.807) is 18.2 Å². The van der Waals surface area contributed by atoms with Crippen molar-refractivity contribution < 1.29 is 17.6 Å². The third-order valence-electron chi connectivity index (χ3n) is 4.16. The smallest absolute Gasteiger partial charge is 0.239 e. The molecule has 1 aliphatic carbocycles. The van der Waals surface area contributed by atoms with E-state index in [4.69, 9.17) is 4.42 Å². The van der Waals surface area contributed by atoms with Gasteiger partial charge in [0.05, 0.1) is 24.3 Å². The summed E-state index contributed by atoms with van der Waals surface area (Å²) in [5.41, 5.74) is 2.06. The highest BCUT2D eigenvalue weighted by molar-refractivity contribution is 7.93. The number of likely N-dealkylation sites (N-methyl/N-ethyl adjacent to an activating group) is 1. The molecule has 0 saturated carbocycles. The molecule has 0 bridgehead atoms. The number of carbonyl (C=O) groups is 1. The SMILES string of the molecule is CN(CC(=O)NCc1ccco1)S(=O)(=O)C1=Cc2ccccc2CC1. The molecule has 0 spiro atoms. The summed E-state index contributed by atoms with van der Waals surface area (Å²) in [6.45, 7) is -0.00216. The molecule has 3 rings (SSSR count). The number of sulfonamides is 1. The maximum absolute atomic E-state index is 12.7. The highest BCUT2D eigenvalue weighted by atomic mass is 32.2. The number of nitrogens with one attached hydrogen (secondary N) is 1. The molecule has 1 aromatic carbocycles. The maximum Gasteiger partial charge on any atom is 0.239 e. The van der Waals surface area contributed by atoms with Gasteiger partial charge in [-0.3, -0.25) is 4.79 Å². The molecule has 0 saturated heterocycles. The summed E-state index contributed by atoms with van der Waals surface area (Å²) in [6, 6.07) is 11.2. The molecule has 0 radical (unpaired) electrons. The molecule has 0 aliphatic heterocycles. The van der Waals surface area contributed by atoms with E-state index in [1.165, 1.54) is 13.3 Å². The lowest BCUT2D eigenvalue weighted by Gasteiger charge is -2.22. The molecular weight excluding hydrogens is 340 g/mol. The molecule has 1 aliphatic rings. The lowest BCUT2D eigenvalue weighted by Crippen LogP contribution is -2.38. The lowest BCUT2D eigenvalue weighted by atomic mass is 9.98. The number of aryl methyl sites for hydroxylation is 1. The van der Waals surface area contributed by atoms with Gasteiger partial charge in [-0.25, -0.2) is 8.42 Å². The van der Waals surface area contributed by atoms with Crippen molar-refractivity contribution in [1.82, 2.24) is 9.62 Å². The van der Waals surface area contributed by atoms with E-state index in [0.717, 1.165) is 15.4 Å². The first-order chi connectivity index (χ1) is 12.0. The van der Waals surface area contributed by atoms with Gasteiger partial charge >= 0.3 is 0 Å². The molecule has 1 aromatic heterocycles. The van der Waals surface area contributed by atoms with Gasteiger partial charge in [-0.2, -0.15) is 4.31 Å². The van der Waals surface area contributed by atoms with Crippen LogP contribution in [-0.2, 0) is 27.8 Å². The summed E-state index contributed by atoms with van der Waals surface area (Å²) in [7, 11) is -2.24. The fourth-order valence-corrected chi connectivity index (χ4v) is 4.08.